The van der Waals surface area contributed by atoms with Crippen LogP contribution in [0.25, 0.3) is 5.95 Å². The molecule has 9 nitrogen and oxygen atoms in total. The number of anilines is 1. The van der Waals surface area contributed by atoms with E-state index in [1.165, 1.54) is 11.1 Å². The minimum absolute atomic E-state index is 0.0870. The van der Waals surface area contributed by atoms with E-state index in [2.05, 4.69) is 25.4 Å². The van der Waals surface area contributed by atoms with Gasteiger partial charge in [-0.25, -0.2) is 4.68 Å². The van der Waals surface area contributed by atoms with Crippen LogP contribution in [0.4, 0.5) is 5.95 Å². The molecular weight excluding hydrogens is 300 g/mol. The van der Waals surface area contributed by atoms with E-state index >= 15 is 0 Å². The highest BCUT2D eigenvalue weighted by Gasteiger charge is 2.18. The molecule has 2 aromatic heterocycles. The van der Waals surface area contributed by atoms with Crippen molar-refractivity contribution in [1.82, 2.24) is 24.7 Å². The van der Waals surface area contributed by atoms with E-state index in [-0.39, 0.29) is 30.6 Å². The summed E-state index contributed by atoms with van der Waals surface area (Å²) in [5.74, 6) is -0.566. The van der Waals surface area contributed by atoms with Gasteiger partial charge < -0.3 is 15.2 Å². The summed E-state index contributed by atoms with van der Waals surface area (Å²) in [5.41, 5.74) is 0. The summed E-state index contributed by atoms with van der Waals surface area (Å²) in [6, 6.07) is 1.93. The molecule has 1 aliphatic carbocycles. The summed E-state index contributed by atoms with van der Waals surface area (Å²) < 4.78 is 7.32. The molecule has 0 bridgehead atoms. The Morgan fingerprint density at radius 3 is 2.83 bits per heavy atom. The molecule has 0 unspecified atom stereocenters. The Balaban J connectivity index is 1.82. The van der Waals surface area contributed by atoms with Crippen LogP contribution in [-0.4, -0.2) is 48.5 Å². The van der Waals surface area contributed by atoms with Gasteiger partial charge in [0.15, 0.2) is 0 Å². The Morgan fingerprint density at radius 1 is 1.30 bits per heavy atom. The normalized spacial score (nSPS) is 15.3. The van der Waals surface area contributed by atoms with Gasteiger partial charge >= 0.3 is 12.0 Å². The van der Waals surface area contributed by atoms with Gasteiger partial charge in [-0.15, -0.1) is 0 Å². The van der Waals surface area contributed by atoms with Crippen LogP contribution in [0.5, 0.6) is 6.01 Å². The molecule has 0 atom stereocenters. The Morgan fingerprint density at radius 2 is 2.13 bits per heavy atom. The van der Waals surface area contributed by atoms with Gasteiger partial charge in [0.25, 0.3) is 5.95 Å². The summed E-state index contributed by atoms with van der Waals surface area (Å²) >= 11 is 0. The first-order chi connectivity index (χ1) is 11.2. The van der Waals surface area contributed by atoms with Crippen LogP contribution in [-0.2, 0) is 4.79 Å². The van der Waals surface area contributed by atoms with E-state index in [9.17, 15) is 4.79 Å². The Kier molecular flexibility index (Phi) is 4.65. The molecule has 0 aliphatic heterocycles. The molecule has 3 rings (SSSR count). The maximum atomic E-state index is 10.7. The quantitative estimate of drug-likeness (QED) is 0.818. The van der Waals surface area contributed by atoms with Crippen molar-refractivity contribution >= 4 is 11.9 Å². The molecule has 2 N–H and O–H groups in total. The van der Waals surface area contributed by atoms with Gasteiger partial charge in [0.2, 0.25) is 5.95 Å². The van der Waals surface area contributed by atoms with E-state index in [4.69, 9.17) is 9.84 Å². The molecule has 0 saturated heterocycles. The molecule has 9 heteroatoms. The lowest BCUT2D eigenvalue weighted by atomic mass is 9.98. The number of carbonyl (C=O) groups is 1. The monoisotopic (exact) mass is 318 g/mol. The standard InChI is InChI=1S/C14H18N6O3/c21-11(22)9-15-12-17-13(20-8-4-7-16-20)19-14(18-12)23-10-5-2-1-3-6-10/h4,7-8,10H,1-3,5-6,9H2,(H,21,22)(H,15,17,18,19). The molecular formula is C14H18N6O3. The number of nitrogens with zero attached hydrogens (tertiary/aromatic N) is 5. The second-order valence-corrected chi connectivity index (χ2v) is 5.32. The highest BCUT2D eigenvalue weighted by atomic mass is 16.5. The molecule has 122 valence electrons. The van der Waals surface area contributed by atoms with Crippen LogP contribution >= 0.6 is 0 Å². The van der Waals surface area contributed by atoms with Gasteiger partial charge in [-0.2, -0.15) is 20.1 Å². The van der Waals surface area contributed by atoms with E-state index in [1.807, 2.05) is 0 Å². The Labute approximate surface area is 132 Å². The number of ether oxygens (including phenoxy) is 1. The first kappa shape index (κ1) is 15.2. The zero-order chi connectivity index (χ0) is 16.1. The third kappa shape index (κ3) is 4.15. The fourth-order valence-corrected chi connectivity index (χ4v) is 2.45. The smallest absolute Gasteiger partial charge is 0.323 e. The van der Waals surface area contributed by atoms with Gasteiger partial charge in [0.1, 0.15) is 12.6 Å². The average Bonchev–Trinajstić information content (AvgIpc) is 3.08. The second-order valence-electron chi connectivity index (χ2n) is 5.32. The largest absolute Gasteiger partial charge is 0.480 e. The van der Waals surface area contributed by atoms with Gasteiger partial charge in [-0.05, 0) is 31.7 Å². The van der Waals surface area contributed by atoms with Crippen LogP contribution in [0.3, 0.4) is 0 Å². The predicted octanol–water partition coefficient (Wildman–Crippen LogP) is 1.27. The molecule has 0 radical (unpaired) electrons. The number of aromatic nitrogens is 5. The summed E-state index contributed by atoms with van der Waals surface area (Å²) in [7, 11) is 0. The zero-order valence-corrected chi connectivity index (χ0v) is 12.6. The molecule has 1 saturated carbocycles. The van der Waals surface area contributed by atoms with Crippen LogP contribution in [0.2, 0.25) is 0 Å². The summed E-state index contributed by atoms with van der Waals surface area (Å²) in [5, 5.41) is 15.5. The lowest BCUT2D eigenvalue weighted by Crippen LogP contribution is -2.22. The lowest BCUT2D eigenvalue weighted by Gasteiger charge is -2.21. The van der Waals surface area contributed by atoms with Crippen molar-refractivity contribution in [3.8, 4) is 12.0 Å². The van der Waals surface area contributed by atoms with E-state index < -0.39 is 5.97 Å². The first-order valence-corrected chi connectivity index (χ1v) is 7.59. The molecule has 2 aromatic rings. The van der Waals surface area contributed by atoms with Crippen LogP contribution in [0.15, 0.2) is 18.5 Å². The van der Waals surface area contributed by atoms with Crippen molar-refractivity contribution in [2.75, 3.05) is 11.9 Å². The number of nitrogens with one attached hydrogen (secondary N) is 1. The van der Waals surface area contributed by atoms with Gasteiger partial charge in [0.05, 0.1) is 0 Å². The summed E-state index contributed by atoms with van der Waals surface area (Å²) in [4.78, 5) is 23.3. The third-order valence-electron chi connectivity index (χ3n) is 3.53. The van der Waals surface area contributed by atoms with E-state index in [1.54, 1.807) is 18.5 Å². The first-order valence-electron chi connectivity index (χ1n) is 7.59. The second kappa shape index (κ2) is 7.03. The van der Waals surface area contributed by atoms with Crippen molar-refractivity contribution in [1.29, 1.82) is 0 Å². The van der Waals surface area contributed by atoms with Crippen molar-refractivity contribution in [2.45, 2.75) is 38.2 Å². The van der Waals surface area contributed by atoms with Crippen molar-refractivity contribution in [3.05, 3.63) is 18.5 Å². The fraction of sp³-hybridized carbons (Fsp3) is 0.500. The molecule has 0 spiro atoms. The van der Waals surface area contributed by atoms with Crippen molar-refractivity contribution in [2.24, 2.45) is 0 Å². The maximum Gasteiger partial charge on any atom is 0.323 e. The minimum atomic E-state index is -0.999. The number of hydrogen-bond donors (Lipinski definition) is 2. The van der Waals surface area contributed by atoms with E-state index in [0.29, 0.717) is 0 Å². The van der Waals surface area contributed by atoms with Crippen molar-refractivity contribution in [3.63, 3.8) is 0 Å². The number of carboxylic acids is 1. The van der Waals surface area contributed by atoms with Gasteiger partial charge in [0, 0.05) is 12.4 Å². The van der Waals surface area contributed by atoms with Crippen LogP contribution in [0.1, 0.15) is 32.1 Å². The summed E-state index contributed by atoms with van der Waals surface area (Å²) in [6.07, 6.45) is 8.82. The summed E-state index contributed by atoms with van der Waals surface area (Å²) in [6.45, 7) is -0.286. The fourth-order valence-electron chi connectivity index (χ4n) is 2.45. The number of hydrogen-bond acceptors (Lipinski definition) is 7. The molecule has 0 amide bonds. The number of rotatable bonds is 6. The van der Waals surface area contributed by atoms with Crippen molar-refractivity contribution < 1.29 is 14.6 Å². The van der Waals surface area contributed by atoms with E-state index in [0.717, 1.165) is 25.7 Å². The van der Waals surface area contributed by atoms with Crippen LogP contribution < -0.4 is 10.1 Å². The highest BCUT2D eigenvalue weighted by Crippen LogP contribution is 2.22. The lowest BCUT2D eigenvalue weighted by molar-refractivity contribution is -0.134. The molecule has 1 fully saturated rings. The number of carboxylic acid groups (broad SMARTS) is 1. The minimum Gasteiger partial charge on any atom is -0.480 e. The SMILES string of the molecule is O=C(O)CNc1nc(OC2CCCCC2)nc(-n2cccn2)n1. The topological polar surface area (TPSA) is 115 Å². The van der Waals surface area contributed by atoms with Crippen LogP contribution in [0, 0.1) is 0 Å². The van der Waals surface area contributed by atoms with Gasteiger partial charge in [-0.1, -0.05) is 6.42 Å². The molecule has 1 aliphatic rings. The zero-order valence-electron chi connectivity index (χ0n) is 12.6. The van der Waals surface area contributed by atoms with Gasteiger partial charge in [-0.3, -0.25) is 4.79 Å². The number of aliphatic carboxylic acids is 1. The molecule has 2 heterocycles. The predicted molar refractivity (Wildman–Crippen MR) is 80.6 cm³/mol. The highest BCUT2D eigenvalue weighted by molar-refractivity contribution is 5.71. The Bertz CT molecular complexity index is 655. The molecule has 0 aromatic carbocycles. The molecule has 23 heavy (non-hydrogen) atoms. The average molecular weight is 318 g/mol. The maximum absolute atomic E-state index is 10.7. The Hall–Kier alpha value is -2.71. The third-order valence-corrected chi connectivity index (χ3v) is 3.53.